The summed E-state index contributed by atoms with van der Waals surface area (Å²) in [5.41, 5.74) is 3.58. The van der Waals surface area contributed by atoms with Crippen LogP contribution in [0, 0.1) is 0 Å². The van der Waals surface area contributed by atoms with Crippen molar-refractivity contribution >= 4 is 5.69 Å². The van der Waals surface area contributed by atoms with Gasteiger partial charge in [-0.3, -0.25) is 0 Å². The molecular formula is C18H19NO2. The number of anilines is 1. The topological polar surface area (TPSA) is 32.7 Å². The molecule has 1 unspecified atom stereocenters. The van der Waals surface area contributed by atoms with E-state index in [1.54, 1.807) is 19.2 Å². The van der Waals surface area contributed by atoms with Crippen LogP contribution in [0.3, 0.4) is 0 Å². The quantitative estimate of drug-likeness (QED) is 0.866. The van der Waals surface area contributed by atoms with Crippen LogP contribution in [0.5, 0.6) is 11.5 Å². The Kier molecular flexibility index (Phi) is 3.57. The van der Waals surface area contributed by atoms with E-state index in [0.717, 1.165) is 24.4 Å². The fourth-order valence-electron chi connectivity index (χ4n) is 2.84. The van der Waals surface area contributed by atoms with Gasteiger partial charge in [-0.1, -0.05) is 24.3 Å². The Morgan fingerprint density at radius 1 is 1.10 bits per heavy atom. The molecule has 21 heavy (non-hydrogen) atoms. The summed E-state index contributed by atoms with van der Waals surface area (Å²) in [6, 6.07) is 15.8. The van der Waals surface area contributed by atoms with E-state index in [9.17, 15) is 5.11 Å². The molecule has 2 aromatic carbocycles. The Morgan fingerprint density at radius 3 is 2.38 bits per heavy atom. The van der Waals surface area contributed by atoms with E-state index in [1.165, 1.54) is 11.1 Å². The Bertz CT molecular complexity index is 631. The number of hydrogen-bond donors (Lipinski definition) is 1. The zero-order chi connectivity index (χ0) is 14.8. The molecule has 0 radical (unpaired) electrons. The average Bonchev–Trinajstić information content (AvgIpc) is 2.90. The molecular weight excluding hydrogens is 262 g/mol. The first-order valence-electron chi connectivity index (χ1n) is 7.03. The van der Waals surface area contributed by atoms with Crippen LogP contribution in [-0.2, 0) is 0 Å². The number of nitrogens with zero attached hydrogens (tertiary/aromatic N) is 1. The zero-order valence-electron chi connectivity index (χ0n) is 12.1. The number of rotatable bonds is 3. The number of phenolic OH excluding ortho intramolecular Hbond substituents is 1. The van der Waals surface area contributed by atoms with Gasteiger partial charge in [-0.05, 0) is 48.4 Å². The molecule has 3 rings (SSSR count). The molecule has 0 amide bonds. The third-order valence-corrected chi connectivity index (χ3v) is 3.93. The maximum atomic E-state index is 9.45. The third-order valence-electron chi connectivity index (χ3n) is 3.93. The van der Waals surface area contributed by atoms with E-state index in [0.29, 0.717) is 5.75 Å². The zero-order valence-corrected chi connectivity index (χ0v) is 12.1. The lowest BCUT2D eigenvalue weighted by Crippen LogP contribution is -2.22. The van der Waals surface area contributed by atoms with Gasteiger partial charge in [-0.15, -0.1) is 0 Å². The number of methoxy groups -OCH3 is 1. The second-order valence-electron chi connectivity index (χ2n) is 5.39. The minimum atomic E-state index is 0.270. The summed E-state index contributed by atoms with van der Waals surface area (Å²) in [6.45, 7) is 5.00. The highest BCUT2D eigenvalue weighted by atomic mass is 16.5. The lowest BCUT2D eigenvalue weighted by Gasteiger charge is -2.27. The molecule has 0 bridgehead atoms. The van der Waals surface area contributed by atoms with Gasteiger partial charge in [-0.2, -0.15) is 0 Å². The predicted molar refractivity (Wildman–Crippen MR) is 84.9 cm³/mol. The largest absolute Gasteiger partial charge is 0.508 e. The minimum absolute atomic E-state index is 0.270. The van der Waals surface area contributed by atoms with Crippen molar-refractivity contribution in [2.24, 2.45) is 0 Å². The van der Waals surface area contributed by atoms with Gasteiger partial charge in [0.25, 0.3) is 0 Å². The van der Waals surface area contributed by atoms with Gasteiger partial charge in [-0.25, -0.2) is 0 Å². The van der Waals surface area contributed by atoms with Gasteiger partial charge in [0.2, 0.25) is 0 Å². The molecule has 1 atom stereocenters. The molecule has 1 saturated heterocycles. The number of aromatic hydroxyl groups is 1. The number of hydrogen-bond acceptors (Lipinski definition) is 3. The summed E-state index contributed by atoms with van der Waals surface area (Å²) in [7, 11) is 1.67. The number of benzene rings is 2. The van der Waals surface area contributed by atoms with Gasteiger partial charge >= 0.3 is 0 Å². The molecule has 0 saturated carbocycles. The van der Waals surface area contributed by atoms with Crippen molar-refractivity contribution in [1.29, 1.82) is 0 Å². The molecule has 1 heterocycles. The van der Waals surface area contributed by atoms with Crippen molar-refractivity contribution in [3.8, 4) is 11.5 Å². The highest BCUT2D eigenvalue weighted by molar-refractivity contribution is 5.54. The second kappa shape index (κ2) is 5.52. The van der Waals surface area contributed by atoms with Crippen molar-refractivity contribution in [2.75, 3.05) is 18.6 Å². The van der Waals surface area contributed by atoms with Gasteiger partial charge in [0, 0.05) is 12.2 Å². The van der Waals surface area contributed by atoms with Crippen LogP contribution < -0.4 is 9.64 Å². The SMILES string of the molecule is C=C1CC(c2ccc(O)cc2)N(c2ccc(OC)cc2)C1. The molecule has 2 aromatic rings. The summed E-state index contributed by atoms with van der Waals surface area (Å²) < 4.78 is 5.21. The first-order valence-corrected chi connectivity index (χ1v) is 7.03. The molecule has 3 heteroatoms. The average molecular weight is 281 g/mol. The summed E-state index contributed by atoms with van der Waals surface area (Å²) in [6.07, 6.45) is 0.941. The van der Waals surface area contributed by atoms with Crippen molar-refractivity contribution in [3.63, 3.8) is 0 Å². The fourth-order valence-corrected chi connectivity index (χ4v) is 2.84. The number of phenols is 1. The van der Waals surface area contributed by atoms with Gasteiger partial charge in [0.1, 0.15) is 11.5 Å². The normalized spacial score (nSPS) is 18.0. The molecule has 108 valence electrons. The fraction of sp³-hybridized carbons (Fsp3) is 0.222. The minimum Gasteiger partial charge on any atom is -0.508 e. The molecule has 1 fully saturated rings. The van der Waals surface area contributed by atoms with E-state index in [1.807, 2.05) is 24.3 Å². The monoisotopic (exact) mass is 281 g/mol. The second-order valence-corrected chi connectivity index (χ2v) is 5.39. The van der Waals surface area contributed by atoms with E-state index >= 15 is 0 Å². The van der Waals surface area contributed by atoms with Crippen LogP contribution >= 0.6 is 0 Å². The van der Waals surface area contributed by atoms with Crippen molar-refractivity contribution < 1.29 is 9.84 Å². The molecule has 1 aliphatic heterocycles. The van der Waals surface area contributed by atoms with E-state index in [-0.39, 0.29) is 6.04 Å². The predicted octanol–water partition coefficient (Wildman–Crippen LogP) is 3.91. The Balaban J connectivity index is 1.91. The summed E-state index contributed by atoms with van der Waals surface area (Å²) in [5.74, 6) is 1.16. The standard InChI is InChI=1S/C18H19NO2/c1-13-11-18(14-3-7-16(20)8-4-14)19(12-13)15-5-9-17(21-2)10-6-15/h3-10,18,20H,1,11-12H2,2H3. The molecule has 0 spiro atoms. The van der Waals surface area contributed by atoms with E-state index in [4.69, 9.17) is 4.74 Å². The smallest absolute Gasteiger partial charge is 0.119 e. The van der Waals surface area contributed by atoms with Crippen LogP contribution in [0.15, 0.2) is 60.7 Å². The molecule has 1 aliphatic rings. The molecule has 0 aromatic heterocycles. The van der Waals surface area contributed by atoms with Gasteiger partial charge in [0.15, 0.2) is 0 Å². The van der Waals surface area contributed by atoms with Gasteiger partial charge < -0.3 is 14.7 Å². The summed E-state index contributed by atoms with van der Waals surface area (Å²) >= 11 is 0. The van der Waals surface area contributed by atoms with E-state index in [2.05, 4.69) is 23.6 Å². The Labute approximate surface area is 125 Å². The van der Waals surface area contributed by atoms with Gasteiger partial charge in [0.05, 0.1) is 13.2 Å². The molecule has 3 nitrogen and oxygen atoms in total. The van der Waals surface area contributed by atoms with Crippen molar-refractivity contribution in [3.05, 3.63) is 66.2 Å². The van der Waals surface area contributed by atoms with E-state index < -0.39 is 0 Å². The molecule has 1 N–H and O–H groups in total. The Morgan fingerprint density at radius 2 is 1.76 bits per heavy atom. The highest BCUT2D eigenvalue weighted by Gasteiger charge is 2.28. The lowest BCUT2D eigenvalue weighted by atomic mass is 10.0. The third kappa shape index (κ3) is 2.72. The number of ether oxygens (including phenoxy) is 1. The van der Waals surface area contributed by atoms with Crippen LogP contribution in [0.25, 0.3) is 0 Å². The van der Waals surface area contributed by atoms with Crippen molar-refractivity contribution in [1.82, 2.24) is 0 Å². The Hall–Kier alpha value is -2.42. The maximum absolute atomic E-state index is 9.45. The first-order chi connectivity index (χ1) is 10.2. The maximum Gasteiger partial charge on any atom is 0.119 e. The highest BCUT2D eigenvalue weighted by Crippen LogP contribution is 2.38. The lowest BCUT2D eigenvalue weighted by molar-refractivity contribution is 0.415. The van der Waals surface area contributed by atoms with Crippen LogP contribution in [0.4, 0.5) is 5.69 Å². The molecule has 0 aliphatic carbocycles. The van der Waals surface area contributed by atoms with Crippen LogP contribution in [0.2, 0.25) is 0 Å². The summed E-state index contributed by atoms with van der Waals surface area (Å²) in [4.78, 5) is 2.34. The first kappa shape index (κ1) is 13.6. The summed E-state index contributed by atoms with van der Waals surface area (Å²) in [5, 5.41) is 9.45. The van der Waals surface area contributed by atoms with Crippen LogP contribution in [-0.4, -0.2) is 18.8 Å². The van der Waals surface area contributed by atoms with Crippen molar-refractivity contribution in [2.45, 2.75) is 12.5 Å². The van der Waals surface area contributed by atoms with Crippen LogP contribution in [0.1, 0.15) is 18.0 Å².